The highest BCUT2D eigenvalue weighted by Gasteiger charge is 2.13. The van der Waals surface area contributed by atoms with E-state index in [1.165, 1.54) is 19.2 Å². The summed E-state index contributed by atoms with van der Waals surface area (Å²) in [5, 5.41) is 12.2. The van der Waals surface area contributed by atoms with E-state index in [4.69, 9.17) is 14.5 Å². The molecule has 0 atom stereocenters. The predicted octanol–water partition coefficient (Wildman–Crippen LogP) is 1.89. The van der Waals surface area contributed by atoms with Gasteiger partial charge in [0.05, 0.1) is 17.2 Å². The van der Waals surface area contributed by atoms with Gasteiger partial charge in [0.15, 0.2) is 0 Å². The molecule has 2 rings (SSSR count). The van der Waals surface area contributed by atoms with Crippen molar-refractivity contribution in [2.75, 3.05) is 7.11 Å². The molecule has 0 N–H and O–H groups in total. The first-order chi connectivity index (χ1) is 8.24. The van der Waals surface area contributed by atoms with Crippen LogP contribution in [-0.2, 0) is 11.3 Å². The second kappa shape index (κ2) is 4.72. The topological polar surface area (TPSA) is 71.9 Å². The van der Waals surface area contributed by atoms with Crippen LogP contribution >= 0.6 is 0 Å². The lowest BCUT2D eigenvalue weighted by atomic mass is 10.1. The summed E-state index contributed by atoms with van der Waals surface area (Å²) < 4.78 is 23.3. The Balaban J connectivity index is 2.36. The normalized spacial score (nSPS) is 10.2. The van der Waals surface area contributed by atoms with Crippen LogP contribution in [0.1, 0.15) is 11.5 Å². The molecule has 0 bridgehead atoms. The molecule has 0 unspecified atom stereocenters. The molecule has 17 heavy (non-hydrogen) atoms. The van der Waals surface area contributed by atoms with Crippen LogP contribution in [0.2, 0.25) is 0 Å². The van der Waals surface area contributed by atoms with E-state index in [0.29, 0.717) is 0 Å². The van der Waals surface area contributed by atoms with Crippen molar-refractivity contribution in [3.63, 3.8) is 0 Å². The third-order valence-corrected chi connectivity index (χ3v) is 2.07. The molecule has 1 aromatic carbocycles. The van der Waals surface area contributed by atoms with Crippen molar-refractivity contribution in [2.45, 2.75) is 6.61 Å². The molecular formula is C11H8FN3O2. The lowest BCUT2D eigenvalue weighted by Crippen LogP contribution is -1.90. The number of rotatable bonds is 3. The van der Waals surface area contributed by atoms with Gasteiger partial charge in [0.2, 0.25) is 5.82 Å². The summed E-state index contributed by atoms with van der Waals surface area (Å²) in [5.74, 6) is -0.154. The summed E-state index contributed by atoms with van der Waals surface area (Å²) in [6, 6.07) is 5.91. The van der Waals surface area contributed by atoms with Crippen LogP contribution in [0.3, 0.4) is 0 Å². The molecule has 1 aromatic heterocycles. The first kappa shape index (κ1) is 11.2. The highest BCUT2D eigenvalue weighted by atomic mass is 19.1. The standard InChI is InChI=1S/C11H8FN3O2/c1-16-6-10-14-11(15-17-10)8-3-2-7(5-13)4-9(8)12/h2-4H,6H2,1H3. The largest absolute Gasteiger partial charge is 0.375 e. The van der Waals surface area contributed by atoms with E-state index in [-0.39, 0.29) is 29.4 Å². The number of nitrogens with zero attached hydrogens (tertiary/aromatic N) is 3. The van der Waals surface area contributed by atoms with Gasteiger partial charge in [-0.25, -0.2) is 4.39 Å². The Kier molecular flexibility index (Phi) is 3.12. The maximum absolute atomic E-state index is 13.6. The van der Waals surface area contributed by atoms with E-state index in [1.54, 1.807) is 0 Å². The monoisotopic (exact) mass is 233 g/mol. The van der Waals surface area contributed by atoms with Gasteiger partial charge in [0.25, 0.3) is 5.89 Å². The molecule has 0 aliphatic rings. The highest BCUT2D eigenvalue weighted by Crippen LogP contribution is 2.20. The zero-order valence-corrected chi connectivity index (χ0v) is 8.98. The molecule has 0 radical (unpaired) electrons. The Morgan fingerprint density at radius 1 is 1.53 bits per heavy atom. The van der Waals surface area contributed by atoms with Gasteiger partial charge < -0.3 is 9.26 Å². The minimum atomic E-state index is -0.561. The number of methoxy groups -OCH3 is 1. The van der Waals surface area contributed by atoms with Crippen LogP contribution in [-0.4, -0.2) is 17.3 Å². The van der Waals surface area contributed by atoms with Gasteiger partial charge in [-0.05, 0) is 18.2 Å². The number of benzene rings is 1. The fourth-order valence-electron chi connectivity index (χ4n) is 1.31. The quantitative estimate of drug-likeness (QED) is 0.809. The zero-order chi connectivity index (χ0) is 12.3. The van der Waals surface area contributed by atoms with Gasteiger partial charge in [0.1, 0.15) is 12.4 Å². The van der Waals surface area contributed by atoms with Crippen LogP contribution < -0.4 is 0 Å². The molecule has 0 aliphatic carbocycles. The van der Waals surface area contributed by atoms with E-state index >= 15 is 0 Å². The fourth-order valence-corrected chi connectivity index (χ4v) is 1.31. The highest BCUT2D eigenvalue weighted by molar-refractivity contribution is 5.56. The second-order valence-electron chi connectivity index (χ2n) is 3.25. The maximum atomic E-state index is 13.6. The first-order valence-electron chi connectivity index (χ1n) is 4.76. The van der Waals surface area contributed by atoms with Gasteiger partial charge in [-0.2, -0.15) is 10.2 Å². The van der Waals surface area contributed by atoms with E-state index in [1.807, 2.05) is 6.07 Å². The van der Waals surface area contributed by atoms with E-state index in [9.17, 15) is 4.39 Å². The predicted molar refractivity (Wildman–Crippen MR) is 55.1 cm³/mol. The Hall–Kier alpha value is -2.26. The van der Waals surface area contributed by atoms with Crippen molar-refractivity contribution >= 4 is 0 Å². The molecule has 0 fully saturated rings. The lowest BCUT2D eigenvalue weighted by molar-refractivity contribution is 0.151. The Morgan fingerprint density at radius 2 is 2.35 bits per heavy atom. The molecule has 5 nitrogen and oxygen atoms in total. The smallest absolute Gasteiger partial charge is 0.252 e. The summed E-state index contributed by atoms with van der Waals surface area (Å²) in [4.78, 5) is 3.96. The maximum Gasteiger partial charge on any atom is 0.252 e. The summed E-state index contributed by atoms with van der Waals surface area (Å²) in [6.07, 6.45) is 0. The third kappa shape index (κ3) is 2.29. The minimum Gasteiger partial charge on any atom is -0.375 e. The Morgan fingerprint density at radius 3 is 3.00 bits per heavy atom. The SMILES string of the molecule is COCc1nc(-c2ccc(C#N)cc2F)no1. The van der Waals surface area contributed by atoms with Crippen LogP contribution in [0.25, 0.3) is 11.4 Å². The van der Waals surface area contributed by atoms with Crippen molar-refractivity contribution < 1.29 is 13.7 Å². The van der Waals surface area contributed by atoms with Crippen LogP contribution in [0.4, 0.5) is 4.39 Å². The zero-order valence-electron chi connectivity index (χ0n) is 8.98. The second-order valence-corrected chi connectivity index (χ2v) is 3.25. The molecular weight excluding hydrogens is 225 g/mol. The van der Waals surface area contributed by atoms with Crippen LogP contribution in [0.5, 0.6) is 0 Å². The average molecular weight is 233 g/mol. The van der Waals surface area contributed by atoms with Gasteiger partial charge in [-0.15, -0.1) is 0 Å². The lowest BCUT2D eigenvalue weighted by Gasteiger charge is -1.96. The number of ether oxygens (including phenoxy) is 1. The molecule has 0 aliphatic heterocycles. The fraction of sp³-hybridized carbons (Fsp3) is 0.182. The van der Waals surface area contributed by atoms with Crippen molar-refractivity contribution in [3.8, 4) is 17.5 Å². The van der Waals surface area contributed by atoms with Gasteiger partial charge in [-0.3, -0.25) is 0 Å². The van der Waals surface area contributed by atoms with Crippen molar-refractivity contribution in [1.29, 1.82) is 5.26 Å². The van der Waals surface area contributed by atoms with Crippen molar-refractivity contribution in [1.82, 2.24) is 10.1 Å². The molecule has 2 aromatic rings. The summed E-state index contributed by atoms with van der Waals surface area (Å²) in [7, 11) is 1.49. The molecule has 1 heterocycles. The molecule has 0 saturated heterocycles. The van der Waals surface area contributed by atoms with E-state index in [0.717, 1.165) is 6.07 Å². The molecule has 86 valence electrons. The molecule has 0 spiro atoms. The van der Waals surface area contributed by atoms with E-state index in [2.05, 4.69) is 10.1 Å². The van der Waals surface area contributed by atoms with Crippen molar-refractivity contribution in [3.05, 3.63) is 35.5 Å². The number of nitriles is 1. The van der Waals surface area contributed by atoms with Gasteiger partial charge in [-0.1, -0.05) is 5.16 Å². The number of hydrogen-bond donors (Lipinski definition) is 0. The first-order valence-corrected chi connectivity index (χ1v) is 4.76. The van der Waals surface area contributed by atoms with Gasteiger partial charge >= 0.3 is 0 Å². The van der Waals surface area contributed by atoms with Crippen LogP contribution in [0, 0.1) is 17.1 Å². The van der Waals surface area contributed by atoms with Gasteiger partial charge in [0, 0.05) is 7.11 Å². The van der Waals surface area contributed by atoms with Crippen LogP contribution in [0.15, 0.2) is 22.7 Å². The summed E-state index contributed by atoms with van der Waals surface area (Å²) >= 11 is 0. The van der Waals surface area contributed by atoms with Crippen molar-refractivity contribution in [2.24, 2.45) is 0 Å². The molecule has 0 amide bonds. The Bertz CT molecular complexity index is 574. The number of hydrogen-bond acceptors (Lipinski definition) is 5. The third-order valence-electron chi connectivity index (χ3n) is 2.07. The van der Waals surface area contributed by atoms with E-state index < -0.39 is 5.82 Å². The molecule has 6 heteroatoms. The average Bonchev–Trinajstić information content (AvgIpc) is 2.78. The Labute approximate surface area is 96.4 Å². The number of aromatic nitrogens is 2. The minimum absolute atomic E-state index is 0.138. The molecule has 0 saturated carbocycles. The summed E-state index contributed by atoms with van der Waals surface area (Å²) in [6.45, 7) is 0.172. The summed E-state index contributed by atoms with van der Waals surface area (Å²) in [5.41, 5.74) is 0.432. The number of halogens is 1.